The molecule has 39 heavy (non-hydrogen) atoms. The van der Waals surface area contributed by atoms with Crippen molar-refractivity contribution >= 4 is 22.7 Å². The van der Waals surface area contributed by atoms with Crippen LogP contribution in [0, 0.1) is 6.92 Å². The fourth-order valence-corrected chi connectivity index (χ4v) is 4.50. The molecule has 0 radical (unpaired) electrons. The van der Waals surface area contributed by atoms with Gasteiger partial charge in [-0.05, 0) is 68.7 Å². The first-order valence-electron chi connectivity index (χ1n) is 12.9. The Morgan fingerprint density at radius 3 is 2.23 bits per heavy atom. The molecule has 0 saturated heterocycles. The molecule has 0 bridgehead atoms. The highest BCUT2D eigenvalue weighted by atomic mass is 19.4. The average Bonchev–Trinajstić information content (AvgIpc) is 3.32. The Kier molecular flexibility index (Phi) is 8.43. The van der Waals surface area contributed by atoms with Crippen LogP contribution in [0.25, 0.3) is 10.9 Å². The Balaban J connectivity index is 1.54. The molecule has 0 fully saturated rings. The van der Waals surface area contributed by atoms with Gasteiger partial charge in [-0.15, -0.1) is 0 Å². The second-order valence-electron chi connectivity index (χ2n) is 10.0. The van der Waals surface area contributed by atoms with Gasteiger partial charge < -0.3 is 14.8 Å². The lowest BCUT2D eigenvalue weighted by molar-refractivity contribution is -0.137. The van der Waals surface area contributed by atoms with E-state index in [4.69, 9.17) is 0 Å². The first-order chi connectivity index (χ1) is 18.5. The molecule has 0 unspecified atom stereocenters. The molecule has 0 atom stereocenters. The first kappa shape index (κ1) is 28.0. The monoisotopic (exact) mass is 535 g/mol. The summed E-state index contributed by atoms with van der Waals surface area (Å²) in [7, 11) is 0. The summed E-state index contributed by atoms with van der Waals surface area (Å²) in [5.74, 6) is -0.719. The number of alkyl halides is 3. The Morgan fingerprint density at radius 1 is 0.923 bits per heavy atom. The number of hydrogen-bond donors (Lipinski definition) is 1. The second-order valence-corrected chi connectivity index (χ2v) is 10.0. The first-order valence-corrected chi connectivity index (χ1v) is 12.9. The number of H-pyrrole nitrogens is 1. The molecule has 1 aromatic heterocycles. The van der Waals surface area contributed by atoms with E-state index in [-0.39, 0.29) is 24.1 Å². The number of rotatable bonds is 9. The highest BCUT2D eigenvalue weighted by Gasteiger charge is 2.31. The van der Waals surface area contributed by atoms with Crippen LogP contribution in [-0.2, 0) is 23.9 Å². The number of carbonyl (C=O) groups is 2. The molecule has 3 aromatic carbocycles. The van der Waals surface area contributed by atoms with Gasteiger partial charge in [0.25, 0.3) is 5.91 Å². The van der Waals surface area contributed by atoms with Gasteiger partial charge in [0.05, 0.1) is 5.56 Å². The van der Waals surface area contributed by atoms with Crippen molar-refractivity contribution < 1.29 is 22.8 Å². The van der Waals surface area contributed by atoms with Gasteiger partial charge in [0.2, 0.25) is 5.91 Å². The molecule has 0 aliphatic rings. The van der Waals surface area contributed by atoms with Crippen LogP contribution >= 0.6 is 0 Å². The van der Waals surface area contributed by atoms with Gasteiger partial charge in [0.1, 0.15) is 6.54 Å². The smallest absolute Gasteiger partial charge is 0.361 e. The summed E-state index contributed by atoms with van der Waals surface area (Å²) in [6.07, 6.45) is -1.92. The highest BCUT2D eigenvalue weighted by Crippen LogP contribution is 2.29. The van der Waals surface area contributed by atoms with E-state index in [0.717, 1.165) is 51.9 Å². The van der Waals surface area contributed by atoms with Crippen LogP contribution in [-0.4, -0.2) is 45.7 Å². The largest absolute Gasteiger partial charge is 0.416 e. The third kappa shape index (κ3) is 6.88. The predicted molar refractivity (Wildman–Crippen MR) is 146 cm³/mol. The lowest BCUT2D eigenvalue weighted by atomic mass is 10.1. The predicted octanol–water partition coefficient (Wildman–Crippen LogP) is 6.62. The summed E-state index contributed by atoms with van der Waals surface area (Å²) in [5.41, 5.74) is 3.48. The fraction of sp³-hybridized carbons (Fsp3) is 0.290. The maximum atomic E-state index is 13.6. The summed E-state index contributed by atoms with van der Waals surface area (Å²) in [5, 5.41) is 1.10. The fourth-order valence-electron chi connectivity index (χ4n) is 4.50. The minimum absolute atomic E-state index is 0.105. The molecule has 8 heteroatoms. The third-order valence-corrected chi connectivity index (χ3v) is 6.82. The summed E-state index contributed by atoms with van der Waals surface area (Å²) < 4.78 is 38.9. The molecule has 204 valence electrons. The van der Waals surface area contributed by atoms with Crippen molar-refractivity contribution in [2.24, 2.45) is 0 Å². The number of halogens is 3. The number of nitrogens with one attached hydrogen (secondary N) is 1. The summed E-state index contributed by atoms with van der Waals surface area (Å²) in [6, 6.07) is 19.7. The zero-order chi connectivity index (χ0) is 28.2. The molecule has 1 heterocycles. The van der Waals surface area contributed by atoms with Crippen molar-refractivity contribution in [1.82, 2.24) is 14.8 Å². The third-order valence-electron chi connectivity index (χ3n) is 6.82. The molecule has 4 aromatic rings. The zero-order valence-corrected chi connectivity index (χ0v) is 22.3. The van der Waals surface area contributed by atoms with Gasteiger partial charge in [-0.1, -0.05) is 48.0 Å². The molecule has 0 aliphatic carbocycles. The molecule has 1 N–H and O–H groups in total. The normalized spacial score (nSPS) is 11.7. The number of benzene rings is 3. The average molecular weight is 536 g/mol. The quantitative estimate of drug-likeness (QED) is 0.262. The summed E-state index contributed by atoms with van der Waals surface area (Å²) in [6.45, 7) is 6.20. The molecule has 2 amide bonds. The van der Waals surface area contributed by atoms with Gasteiger partial charge in [-0.25, -0.2) is 0 Å². The Bertz CT molecular complexity index is 1420. The van der Waals surface area contributed by atoms with Gasteiger partial charge in [-0.3, -0.25) is 9.59 Å². The van der Waals surface area contributed by atoms with Crippen molar-refractivity contribution in [3.63, 3.8) is 0 Å². The van der Waals surface area contributed by atoms with Gasteiger partial charge in [0.15, 0.2) is 0 Å². The van der Waals surface area contributed by atoms with E-state index < -0.39 is 17.6 Å². The number of fused-ring (bicyclic) bond motifs is 1. The van der Waals surface area contributed by atoms with E-state index in [9.17, 15) is 22.8 Å². The number of amides is 2. The number of para-hydroxylation sites is 1. The Hall–Kier alpha value is -4.07. The van der Waals surface area contributed by atoms with Crippen molar-refractivity contribution in [2.75, 3.05) is 13.1 Å². The molecular formula is C31H32F3N3O2. The maximum absolute atomic E-state index is 13.6. The lowest BCUT2D eigenvalue weighted by Gasteiger charge is -2.30. The van der Waals surface area contributed by atoms with Crippen LogP contribution in [0.1, 0.15) is 46.5 Å². The number of aryl methyl sites for hydroxylation is 1. The molecule has 5 nitrogen and oxygen atoms in total. The summed E-state index contributed by atoms with van der Waals surface area (Å²) in [4.78, 5) is 33.3. The highest BCUT2D eigenvalue weighted by molar-refractivity contribution is 5.96. The number of hydrogen-bond acceptors (Lipinski definition) is 2. The molecular weight excluding hydrogens is 503 g/mol. The number of carbonyl (C=O) groups excluding carboxylic acids is 2. The van der Waals surface area contributed by atoms with Gasteiger partial charge in [-0.2, -0.15) is 13.2 Å². The van der Waals surface area contributed by atoms with E-state index in [2.05, 4.69) is 4.98 Å². The van der Waals surface area contributed by atoms with Crippen LogP contribution in [0.3, 0.4) is 0 Å². The molecule has 0 saturated carbocycles. The van der Waals surface area contributed by atoms with Crippen molar-refractivity contribution in [2.45, 2.75) is 46.0 Å². The molecule has 4 rings (SSSR count). The van der Waals surface area contributed by atoms with Crippen LogP contribution < -0.4 is 0 Å². The summed E-state index contributed by atoms with van der Waals surface area (Å²) >= 11 is 0. The topological polar surface area (TPSA) is 56.4 Å². The van der Waals surface area contributed by atoms with Crippen molar-refractivity contribution in [3.05, 3.63) is 107 Å². The zero-order valence-electron chi connectivity index (χ0n) is 22.3. The minimum atomic E-state index is -4.49. The minimum Gasteiger partial charge on any atom is -0.361 e. The van der Waals surface area contributed by atoms with Crippen molar-refractivity contribution in [1.29, 1.82) is 0 Å². The number of aromatic amines is 1. The Labute approximate surface area is 226 Å². The van der Waals surface area contributed by atoms with Crippen LogP contribution in [0.4, 0.5) is 13.2 Å². The standard InChI is InChI=1S/C31H32F3N3O2/c1-21(2)37(30(39)24-12-14-26(15-13-24)31(32,33)34)20-29(38)36(19-23-10-8-22(3)9-11-23)17-16-25-18-35-28-7-5-4-6-27(25)28/h4-15,18,21,35H,16-17,19-20H2,1-3H3. The van der Waals surface area contributed by atoms with Crippen molar-refractivity contribution in [3.8, 4) is 0 Å². The number of nitrogens with zero attached hydrogens (tertiary/aromatic N) is 2. The second kappa shape index (κ2) is 11.8. The SMILES string of the molecule is Cc1ccc(CN(CCc2c[nH]c3ccccc23)C(=O)CN(C(=O)c2ccc(C(F)(F)F)cc2)C(C)C)cc1. The van der Waals surface area contributed by atoms with Crippen LogP contribution in [0.2, 0.25) is 0 Å². The maximum Gasteiger partial charge on any atom is 0.416 e. The molecule has 0 spiro atoms. The van der Waals surface area contributed by atoms with E-state index in [1.807, 2.05) is 61.7 Å². The van der Waals surface area contributed by atoms with E-state index >= 15 is 0 Å². The van der Waals surface area contributed by atoms with E-state index in [1.165, 1.54) is 4.90 Å². The number of aromatic nitrogens is 1. The van der Waals surface area contributed by atoms with E-state index in [0.29, 0.717) is 19.5 Å². The Morgan fingerprint density at radius 2 is 1.59 bits per heavy atom. The lowest BCUT2D eigenvalue weighted by Crippen LogP contribution is -2.46. The van der Waals surface area contributed by atoms with Crippen LogP contribution in [0.15, 0.2) is 79.0 Å². The van der Waals surface area contributed by atoms with E-state index in [1.54, 1.807) is 18.7 Å². The van der Waals surface area contributed by atoms with Crippen LogP contribution in [0.5, 0.6) is 0 Å². The van der Waals surface area contributed by atoms with Gasteiger partial charge in [0, 0.05) is 41.8 Å². The molecule has 0 aliphatic heterocycles. The van der Waals surface area contributed by atoms with Gasteiger partial charge >= 0.3 is 6.18 Å².